The Hall–Kier alpha value is -3.53. The maximum absolute atomic E-state index is 12.2. The number of thiophene rings is 1. The Kier molecular flexibility index (Phi) is 7.37. The van der Waals surface area contributed by atoms with Crippen LogP contribution in [-0.4, -0.2) is 41.0 Å². The monoisotopic (exact) mass is 457 g/mol. The van der Waals surface area contributed by atoms with Gasteiger partial charge in [-0.15, -0.1) is 11.3 Å². The number of hydrogen-bond donors (Lipinski definition) is 2. The van der Waals surface area contributed by atoms with Gasteiger partial charge < -0.3 is 19.8 Å². The number of benzene rings is 1. The molecule has 0 fully saturated rings. The summed E-state index contributed by atoms with van der Waals surface area (Å²) in [5, 5.41) is 3.44. The molecular weight excluding hydrogens is 434 g/mol. The van der Waals surface area contributed by atoms with Gasteiger partial charge >= 0.3 is 11.9 Å². The Morgan fingerprint density at radius 1 is 1.16 bits per heavy atom. The lowest BCUT2D eigenvalue weighted by molar-refractivity contribution is -0.147. The first-order valence-corrected chi connectivity index (χ1v) is 10.8. The third kappa shape index (κ3) is 5.38. The summed E-state index contributed by atoms with van der Waals surface area (Å²) in [5.41, 5.74) is 1.30. The highest BCUT2D eigenvalue weighted by atomic mass is 32.1. The number of anilines is 1. The minimum absolute atomic E-state index is 0.0557. The van der Waals surface area contributed by atoms with Gasteiger partial charge in [-0.1, -0.05) is 12.1 Å². The molecule has 2 aromatic heterocycles. The average Bonchev–Trinajstić information content (AvgIpc) is 3.04. The minimum atomic E-state index is -0.611. The first kappa shape index (κ1) is 23.1. The first-order valence-electron chi connectivity index (χ1n) is 10.0. The number of rotatable bonds is 8. The van der Waals surface area contributed by atoms with E-state index in [1.54, 1.807) is 38.1 Å². The van der Waals surface area contributed by atoms with Gasteiger partial charge in [0.25, 0.3) is 11.5 Å². The van der Waals surface area contributed by atoms with Crippen molar-refractivity contribution in [3.8, 4) is 0 Å². The zero-order valence-corrected chi connectivity index (χ0v) is 18.8. The van der Waals surface area contributed by atoms with Crippen molar-refractivity contribution in [3.63, 3.8) is 0 Å². The molecule has 0 bridgehead atoms. The van der Waals surface area contributed by atoms with Crippen LogP contribution in [0.1, 0.15) is 40.0 Å². The summed E-state index contributed by atoms with van der Waals surface area (Å²) >= 11 is 1.25. The number of aromatic nitrogens is 2. The number of aryl methyl sites for hydroxylation is 2. The van der Waals surface area contributed by atoms with E-state index in [-0.39, 0.29) is 25.0 Å². The van der Waals surface area contributed by atoms with Gasteiger partial charge in [0.2, 0.25) is 0 Å². The van der Waals surface area contributed by atoms with Gasteiger partial charge in [-0.25, -0.2) is 9.78 Å². The Bertz CT molecular complexity index is 1230. The molecule has 0 aliphatic rings. The molecule has 9 nitrogen and oxygen atoms in total. The fourth-order valence-corrected chi connectivity index (χ4v) is 4.08. The SMILES string of the molecule is CCOC(=O)c1c(NC(=O)COC(=O)CCc2nc3ccccc3c(=O)[nH]2)sc(C)c1C. The van der Waals surface area contributed by atoms with Crippen LogP contribution in [0.4, 0.5) is 5.00 Å². The van der Waals surface area contributed by atoms with Crippen LogP contribution in [0.15, 0.2) is 29.1 Å². The number of nitrogens with one attached hydrogen (secondary N) is 2. The molecule has 1 aromatic carbocycles. The van der Waals surface area contributed by atoms with E-state index >= 15 is 0 Å². The van der Waals surface area contributed by atoms with Crippen LogP contribution in [0.25, 0.3) is 10.9 Å². The molecule has 0 radical (unpaired) electrons. The number of fused-ring (bicyclic) bond motifs is 1. The average molecular weight is 458 g/mol. The maximum Gasteiger partial charge on any atom is 0.341 e. The number of nitrogens with zero attached hydrogens (tertiary/aromatic N) is 1. The molecule has 0 aliphatic heterocycles. The van der Waals surface area contributed by atoms with E-state index in [4.69, 9.17) is 9.47 Å². The summed E-state index contributed by atoms with van der Waals surface area (Å²) in [5.74, 6) is -1.33. The summed E-state index contributed by atoms with van der Waals surface area (Å²) in [6.07, 6.45) is 0.108. The van der Waals surface area contributed by atoms with Crippen molar-refractivity contribution >= 4 is 45.1 Å². The van der Waals surface area contributed by atoms with Gasteiger partial charge in [-0.05, 0) is 38.5 Å². The molecule has 0 aliphatic carbocycles. The van der Waals surface area contributed by atoms with E-state index in [1.807, 2.05) is 6.92 Å². The molecule has 0 saturated heterocycles. The number of ether oxygens (including phenoxy) is 2. The molecule has 2 N–H and O–H groups in total. The van der Waals surface area contributed by atoms with Crippen LogP contribution in [0.3, 0.4) is 0 Å². The Morgan fingerprint density at radius 2 is 1.91 bits per heavy atom. The standard InChI is InChI=1S/C22H23N3O6S/c1-4-30-22(29)19-12(2)13(3)32-21(19)25-17(26)11-31-18(27)10-9-16-23-15-8-6-5-7-14(15)20(28)24-16/h5-8H,4,9-11H2,1-3H3,(H,25,26)(H,23,24,28). The topological polar surface area (TPSA) is 127 Å². The van der Waals surface area contributed by atoms with Crippen molar-refractivity contribution in [1.82, 2.24) is 9.97 Å². The second kappa shape index (κ2) is 10.2. The number of carbonyl (C=O) groups excluding carboxylic acids is 3. The van der Waals surface area contributed by atoms with Crippen LogP contribution in [0.5, 0.6) is 0 Å². The Morgan fingerprint density at radius 3 is 2.66 bits per heavy atom. The largest absolute Gasteiger partial charge is 0.462 e. The predicted molar refractivity (Wildman–Crippen MR) is 120 cm³/mol. The molecule has 0 unspecified atom stereocenters. The smallest absolute Gasteiger partial charge is 0.341 e. The lowest BCUT2D eigenvalue weighted by Crippen LogP contribution is -2.22. The number of aromatic amines is 1. The summed E-state index contributed by atoms with van der Waals surface area (Å²) in [6, 6.07) is 6.91. The Labute approximate surface area is 187 Å². The van der Waals surface area contributed by atoms with Gasteiger partial charge in [0, 0.05) is 11.3 Å². The molecule has 32 heavy (non-hydrogen) atoms. The number of carbonyl (C=O) groups is 3. The van der Waals surface area contributed by atoms with E-state index < -0.39 is 24.5 Å². The quantitative estimate of drug-likeness (QED) is 0.498. The number of para-hydroxylation sites is 1. The van der Waals surface area contributed by atoms with Crippen LogP contribution in [0.2, 0.25) is 0 Å². The maximum atomic E-state index is 12.2. The molecular formula is C22H23N3O6S. The molecule has 0 saturated carbocycles. The fraction of sp³-hybridized carbons (Fsp3) is 0.318. The van der Waals surface area contributed by atoms with E-state index in [1.165, 1.54) is 11.3 Å². The van der Waals surface area contributed by atoms with Gasteiger partial charge in [0.15, 0.2) is 6.61 Å². The van der Waals surface area contributed by atoms with Crippen molar-refractivity contribution in [2.45, 2.75) is 33.6 Å². The molecule has 0 spiro atoms. The lowest BCUT2D eigenvalue weighted by atomic mass is 10.1. The van der Waals surface area contributed by atoms with Crippen LogP contribution >= 0.6 is 11.3 Å². The van der Waals surface area contributed by atoms with E-state index in [9.17, 15) is 19.2 Å². The zero-order chi connectivity index (χ0) is 23.3. The Balaban J connectivity index is 1.55. The molecule has 3 rings (SSSR count). The molecule has 1 amide bonds. The molecule has 2 heterocycles. The fourth-order valence-electron chi connectivity index (χ4n) is 3.02. The van der Waals surface area contributed by atoms with Crippen LogP contribution in [0, 0.1) is 13.8 Å². The second-order valence-corrected chi connectivity index (χ2v) is 8.17. The number of H-pyrrole nitrogens is 1. The summed E-state index contributed by atoms with van der Waals surface area (Å²) < 4.78 is 10.1. The lowest BCUT2D eigenvalue weighted by Gasteiger charge is -2.08. The van der Waals surface area contributed by atoms with E-state index in [2.05, 4.69) is 15.3 Å². The normalized spacial score (nSPS) is 10.7. The van der Waals surface area contributed by atoms with Crippen LogP contribution in [-0.2, 0) is 25.5 Å². The molecule has 168 valence electrons. The van der Waals surface area contributed by atoms with Gasteiger partial charge in [0.1, 0.15) is 10.8 Å². The molecule has 10 heteroatoms. The van der Waals surface area contributed by atoms with Crippen LogP contribution < -0.4 is 10.9 Å². The highest BCUT2D eigenvalue weighted by Crippen LogP contribution is 2.33. The third-order valence-corrected chi connectivity index (χ3v) is 5.83. The molecule has 0 atom stereocenters. The van der Waals surface area contributed by atoms with Crippen molar-refractivity contribution in [3.05, 3.63) is 56.4 Å². The van der Waals surface area contributed by atoms with Gasteiger partial charge in [-0.3, -0.25) is 14.4 Å². The number of esters is 2. The minimum Gasteiger partial charge on any atom is -0.462 e. The van der Waals surface area contributed by atoms with Gasteiger partial charge in [-0.2, -0.15) is 0 Å². The molecule has 3 aromatic rings. The van der Waals surface area contributed by atoms with Crippen molar-refractivity contribution < 1.29 is 23.9 Å². The van der Waals surface area contributed by atoms with E-state index in [0.717, 1.165) is 10.4 Å². The second-order valence-electron chi connectivity index (χ2n) is 6.95. The summed E-state index contributed by atoms with van der Waals surface area (Å²) in [7, 11) is 0. The third-order valence-electron chi connectivity index (χ3n) is 4.71. The number of hydrogen-bond acceptors (Lipinski definition) is 8. The first-order chi connectivity index (χ1) is 15.3. The van der Waals surface area contributed by atoms with Crippen molar-refractivity contribution in [2.24, 2.45) is 0 Å². The van der Waals surface area contributed by atoms with Crippen molar-refractivity contribution in [1.29, 1.82) is 0 Å². The summed E-state index contributed by atoms with van der Waals surface area (Å²) in [6.45, 7) is 5.03. The zero-order valence-electron chi connectivity index (χ0n) is 17.9. The van der Waals surface area contributed by atoms with Gasteiger partial charge in [0.05, 0.1) is 29.5 Å². The number of amides is 1. The van der Waals surface area contributed by atoms with E-state index in [0.29, 0.717) is 27.3 Å². The highest BCUT2D eigenvalue weighted by Gasteiger charge is 2.22. The van der Waals surface area contributed by atoms with Crippen molar-refractivity contribution in [2.75, 3.05) is 18.5 Å². The summed E-state index contributed by atoms with van der Waals surface area (Å²) in [4.78, 5) is 56.4. The predicted octanol–water partition coefficient (Wildman–Crippen LogP) is 2.89. The highest BCUT2D eigenvalue weighted by molar-refractivity contribution is 7.16.